The molecule has 0 atom stereocenters. The van der Waals surface area contributed by atoms with Gasteiger partial charge in [0.1, 0.15) is 5.00 Å². The van der Waals surface area contributed by atoms with Gasteiger partial charge in [-0.2, -0.15) is 0 Å². The van der Waals surface area contributed by atoms with Gasteiger partial charge >= 0.3 is 0 Å². The molecule has 0 aliphatic heterocycles. The first-order valence-electron chi connectivity index (χ1n) is 3.11. The Morgan fingerprint density at radius 1 is 1.55 bits per heavy atom. The number of aromatic nitrogens is 1. The molecule has 3 nitrogen and oxygen atoms in total. The summed E-state index contributed by atoms with van der Waals surface area (Å²) in [5, 5.41) is 1.53. The second kappa shape index (κ2) is 2.39. The van der Waals surface area contributed by atoms with Crippen LogP contribution in [0.25, 0.3) is 10.8 Å². The molecule has 0 saturated heterocycles. The number of thiazole rings is 1. The fourth-order valence-corrected chi connectivity index (χ4v) is 1.45. The standard InChI is InChI=1S/C7H6N2OS/c8-6-4-9-7(11-6)5-2-1-3-10-5/h1-4H,8H2. The van der Waals surface area contributed by atoms with Gasteiger partial charge in [0.2, 0.25) is 0 Å². The molecule has 56 valence electrons. The van der Waals surface area contributed by atoms with Crippen LogP contribution < -0.4 is 5.73 Å². The van der Waals surface area contributed by atoms with E-state index in [4.69, 9.17) is 10.2 Å². The fourth-order valence-electron chi connectivity index (χ4n) is 0.801. The predicted molar refractivity (Wildman–Crippen MR) is 44.2 cm³/mol. The van der Waals surface area contributed by atoms with E-state index in [1.165, 1.54) is 11.3 Å². The summed E-state index contributed by atoms with van der Waals surface area (Å²) in [6.07, 6.45) is 3.25. The van der Waals surface area contributed by atoms with Gasteiger partial charge in [-0.3, -0.25) is 0 Å². The summed E-state index contributed by atoms with van der Waals surface area (Å²) in [6.45, 7) is 0. The zero-order chi connectivity index (χ0) is 7.68. The van der Waals surface area contributed by atoms with Crippen molar-refractivity contribution < 1.29 is 4.42 Å². The van der Waals surface area contributed by atoms with Gasteiger partial charge in [-0.05, 0) is 12.1 Å². The fraction of sp³-hybridized carbons (Fsp3) is 0. The first-order valence-corrected chi connectivity index (χ1v) is 3.93. The van der Waals surface area contributed by atoms with Crippen molar-refractivity contribution in [3.63, 3.8) is 0 Å². The third-order valence-electron chi connectivity index (χ3n) is 1.26. The number of nitrogens with zero attached hydrogens (tertiary/aromatic N) is 1. The molecule has 0 fully saturated rings. The largest absolute Gasteiger partial charge is 0.462 e. The van der Waals surface area contributed by atoms with E-state index in [-0.39, 0.29) is 0 Å². The Kier molecular flexibility index (Phi) is 1.40. The summed E-state index contributed by atoms with van der Waals surface area (Å²) in [7, 11) is 0. The first kappa shape index (κ1) is 6.42. The normalized spacial score (nSPS) is 10.2. The Labute approximate surface area is 67.5 Å². The topological polar surface area (TPSA) is 52.0 Å². The molecule has 0 aromatic carbocycles. The van der Waals surface area contributed by atoms with E-state index in [0.717, 1.165) is 10.8 Å². The van der Waals surface area contributed by atoms with Crippen LogP contribution in [0.2, 0.25) is 0 Å². The molecule has 0 radical (unpaired) electrons. The summed E-state index contributed by atoms with van der Waals surface area (Å²) in [4.78, 5) is 4.06. The van der Waals surface area contributed by atoms with E-state index in [1.807, 2.05) is 12.1 Å². The number of furan rings is 1. The minimum absolute atomic E-state index is 0.705. The Hall–Kier alpha value is -1.29. The lowest BCUT2D eigenvalue weighted by molar-refractivity contribution is 0.582. The molecule has 2 aromatic rings. The highest BCUT2D eigenvalue weighted by Crippen LogP contribution is 2.26. The lowest BCUT2D eigenvalue weighted by Crippen LogP contribution is -1.73. The quantitative estimate of drug-likeness (QED) is 0.704. The van der Waals surface area contributed by atoms with Crippen LogP contribution in [-0.2, 0) is 0 Å². The number of nitrogen functional groups attached to an aromatic ring is 1. The second-order valence-corrected chi connectivity index (χ2v) is 3.11. The molecule has 2 rings (SSSR count). The second-order valence-electron chi connectivity index (χ2n) is 2.05. The Morgan fingerprint density at radius 3 is 3.00 bits per heavy atom. The third kappa shape index (κ3) is 1.12. The number of rotatable bonds is 1. The van der Waals surface area contributed by atoms with Gasteiger partial charge in [0, 0.05) is 0 Å². The van der Waals surface area contributed by atoms with Crippen LogP contribution in [0.1, 0.15) is 0 Å². The summed E-state index contributed by atoms with van der Waals surface area (Å²) in [5.41, 5.74) is 5.50. The van der Waals surface area contributed by atoms with Crippen LogP contribution in [0.15, 0.2) is 29.0 Å². The maximum Gasteiger partial charge on any atom is 0.162 e. The average Bonchev–Trinajstić information content (AvgIpc) is 2.55. The molecule has 0 saturated carbocycles. The number of nitrogens with two attached hydrogens (primary N) is 1. The Morgan fingerprint density at radius 2 is 2.45 bits per heavy atom. The van der Waals surface area contributed by atoms with Gasteiger partial charge in [0.25, 0.3) is 0 Å². The van der Waals surface area contributed by atoms with Crippen molar-refractivity contribution in [2.45, 2.75) is 0 Å². The molecule has 2 aromatic heterocycles. The van der Waals surface area contributed by atoms with Crippen molar-refractivity contribution in [3.05, 3.63) is 24.6 Å². The van der Waals surface area contributed by atoms with Crippen LogP contribution in [0, 0.1) is 0 Å². The summed E-state index contributed by atoms with van der Waals surface area (Å²) < 4.78 is 5.13. The van der Waals surface area contributed by atoms with Gasteiger partial charge in [-0.1, -0.05) is 11.3 Å². The predicted octanol–water partition coefficient (Wildman–Crippen LogP) is 1.99. The summed E-state index contributed by atoms with van der Waals surface area (Å²) >= 11 is 1.42. The van der Waals surface area contributed by atoms with E-state index >= 15 is 0 Å². The van der Waals surface area contributed by atoms with E-state index in [9.17, 15) is 0 Å². The molecule has 4 heteroatoms. The summed E-state index contributed by atoms with van der Waals surface area (Å²) in [5.74, 6) is 0.770. The molecule has 0 bridgehead atoms. The smallest absolute Gasteiger partial charge is 0.162 e. The SMILES string of the molecule is Nc1cnc(-c2ccco2)s1. The lowest BCUT2D eigenvalue weighted by Gasteiger charge is -1.84. The van der Waals surface area contributed by atoms with Crippen molar-refractivity contribution in [1.29, 1.82) is 0 Å². The van der Waals surface area contributed by atoms with Crippen LogP contribution in [-0.4, -0.2) is 4.98 Å². The first-order chi connectivity index (χ1) is 5.36. The van der Waals surface area contributed by atoms with Crippen LogP contribution >= 0.6 is 11.3 Å². The highest BCUT2D eigenvalue weighted by molar-refractivity contribution is 7.18. The van der Waals surface area contributed by atoms with Crippen LogP contribution in [0.3, 0.4) is 0 Å². The van der Waals surface area contributed by atoms with Crippen LogP contribution in [0.4, 0.5) is 5.00 Å². The number of anilines is 1. The Bertz CT molecular complexity index is 339. The molecule has 0 unspecified atom stereocenters. The van der Waals surface area contributed by atoms with Crippen molar-refractivity contribution >= 4 is 16.3 Å². The zero-order valence-corrected chi connectivity index (χ0v) is 6.47. The maximum absolute atomic E-state index is 5.50. The monoisotopic (exact) mass is 166 g/mol. The van der Waals surface area contributed by atoms with Crippen molar-refractivity contribution in [1.82, 2.24) is 4.98 Å². The number of hydrogen-bond donors (Lipinski definition) is 1. The third-order valence-corrected chi connectivity index (χ3v) is 2.10. The molecular formula is C7H6N2OS. The average molecular weight is 166 g/mol. The highest BCUT2D eigenvalue weighted by Gasteiger charge is 2.03. The molecule has 0 spiro atoms. The van der Waals surface area contributed by atoms with Gasteiger partial charge in [-0.15, -0.1) is 0 Å². The van der Waals surface area contributed by atoms with Crippen molar-refractivity contribution in [2.24, 2.45) is 0 Å². The van der Waals surface area contributed by atoms with Crippen molar-refractivity contribution in [3.8, 4) is 10.8 Å². The summed E-state index contributed by atoms with van der Waals surface area (Å²) in [6, 6.07) is 3.69. The lowest BCUT2D eigenvalue weighted by atomic mass is 10.5. The van der Waals surface area contributed by atoms with E-state index in [0.29, 0.717) is 5.00 Å². The maximum atomic E-state index is 5.50. The molecule has 2 N–H and O–H groups in total. The van der Waals surface area contributed by atoms with Gasteiger partial charge in [-0.25, -0.2) is 4.98 Å². The molecule has 0 amide bonds. The molecular weight excluding hydrogens is 160 g/mol. The van der Waals surface area contributed by atoms with E-state index in [2.05, 4.69) is 4.98 Å². The Balaban J connectivity index is 2.45. The van der Waals surface area contributed by atoms with E-state index in [1.54, 1.807) is 12.5 Å². The molecule has 0 aliphatic carbocycles. The van der Waals surface area contributed by atoms with Gasteiger partial charge in [0.05, 0.1) is 12.5 Å². The number of hydrogen-bond acceptors (Lipinski definition) is 4. The molecule has 11 heavy (non-hydrogen) atoms. The molecule has 0 aliphatic rings. The highest BCUT2D eigenvalue weighted by atomic mass is 32.1. The van der Waals surface area contributed by atoms with E-state index < -0.39 is 0 Å². The van der Waals surface area contributed by atoms with Gasteiger partial charge in [0.15, 0.2) is 10.8 Å². The zero-order valence-electron chi connectivity index (χ0n) is 5.65. The minimum atomic E-state index is 0.705. The van der Waals surface area contributed by atoms with Crippen LogP contribution in [0.5, 0.6) is 0 Å². The molecule has 2 heterocycles. The minimum Gasteiger partial charge on any atom is -0.462 e. The van der Waals surface area contributed by atoms with Gasteiger partial charge < -0.3 is 10.2 Å². The van der Waals surface area contributed by atoms with Crippen molar-refractivity contribution in [2.75, 3.05) is 5.73 Å².